The number of benzene rings is 2. The molecule has 0 saturated carbocycles. The van der Waals surface area contributed by atoms with Gasteiger partial charge in [-0.2, -0.15) is 0 Å². The minimum Gasteiger partial charge on any atom is -0.497 e. The van der Waals surface area contributed by atoms with Gasteiger partial charge < -0.3 is 18.9 Å². The SMILES string of the molecule is COc1ccc([C@@H]2C=C([C@H]3C(=O)OCC3(C)C)O[C@H](c3ccc(OC)cc3)C2)cc1. The highest BCUT2D eigenvalue weighted by Gasteiger charge is 2.48. The third-order valence-electron chi connectivity index (χ3n) is 6.03. The van der Waals surface area contributed by atoms with Gasteiger partial charge in [0.2, 0.25) is 0 Å². The lowest BCUT2D eigenvalue weighted by molar-refractivity contribution is -0.141. The van der Waals surface area contributed by atoms with E-state index in [1.54, 1.807) is 14.2 Å². The van der Waals surface area contributed by atoms with Gasteiger partial charge in [0.15, 0.2) is 0 Å². The zero-order valence-corrected chi connectivity index (χ0v) is 17.9. The number of methoxy groups -OCH3 is 2. The van der Waals surface area contributed by atoms with Crippen LogP contribution in [0.4, 0.5) is 0 Å². The minimum atomic E-state index is -0.403. The van der Waals surface area contributed by atoms with E-state index in [0.29, 0.717) is 12.4 Å². The largest absolute Gasteiger partial charge is 0.497 e. The fourth-order valence-corrected chi connectivity index (χ4v) is 4.26. The second-order valence-electron chi connectivity index (χ2n) is 8.59. The minimum absolute atomic E-state index is 0.121. The fourth-order valence-electron chi connectivity index (χ4n) is 4.26. The van der Waals surface area contributed by atoms with Crippen LogP contribution in [-0.4, -0.2) is 26.8 Å². The molecule has 3 atom stereocenters. The molecule has 1 fully saturated rings. The summed E-state index contributed by atoms with van der Waals surface area (Å²) in [5.74, 6) is 1.83. The predicted molar refractivity (Wildman–Crippen MR) is 113 cm³/mol. The van der Waals surface area contributed by atoms with Gasteiger partial charge in [0, 0.05) is 11.3 Å². The van der Waals surface area contributed by atoms with Crippen molar-refractivity contribution in [2.75, 3.05) is 20.8 Å². The summed E-state index contributed by atoms with van der Waals surface area (Å²) in [5.41, 5.74) is 1.91. The van der Waals surface area contributed by atoms with Gasteiger partial charge in [-0.05, 0) is 47.9 Å². The Bertz CT molecular complexity index is 927. The number of hydrogen-bond donors (Lipinski definition) is 0. The number of carbonyl (C=O) groups is 1. The van der Waals surface area contributed by atoms with Crippen LogP contribution in [0, 0.1) is 11.3 Å². The first-order valence-electron chi connectivity index (χ1n) is 10.2. The zero-order valence-electron chi connectivity index (χ0n) is 17.9. The van der Waals surface area contributed by atoms with E-state index in [2.05, 4.69) is 18.2 Å². The Morgan fingerprint density at radius 3 is 1.97 bits per heavy atom. The predicted octanol–water partition coefficient (Wildman–Crippen LogP) is 5.03. The second kappa shape index (κ2) is 8.05. The quantitative estimate of drug-likeness (QED) is 0.650. The molecular formula is C25H28O5. The second-order valence-corrected chi connectivity index (χ2v) is 8.59. The lowest BCUT2D eigenvalue weighted by Gasteiger charge is -2.34. The molecule has 0 bridgehead atoms. The molecule has 2 aromatic rings. The average Bonchev–Trinajstić information content (AvgIpc) is 3.05. The maximum Gasteiger partial charge on any atom is 0.317 e. The molecule has 158 valence electrons. The van der Waals surface area contributed by atoms with E-state index in [0.717, 1.165) is 23.5 Å². The molecule has 0 amide bonds. The van der Waals surface area contributed by atoms with Crippen LogP contribution in [0.3, 0.4) is 0 Å². The molecule has 2 aliphatic heterocycles. The number of carbonyl (C=O) groups excluding carboxylic acids is 1. The summed E-state index contributed by atoms with van der Waals surface area (Å²) >= 11 is 0. The molecule has 0 radical (unpaired) electrons. The van der Waals surface area contributed by atoms with Crippen LogP contribution in [0.5, 0.6) is 11.5 Å². The van der Waals surface area contributed by atoms with E-state index in [1.165, 1.54) is 5.56 Å². The van der Waals surface area contributed by atoms with Gasteiger partial charge >= 0.3 is 5.97 Å². The van der Waals surface area contributed by atoms with Crippen molar-refractivity contribution in [1.29, 1.82) is 0 Å². The van der Waals surface area contributed by atoms with Crippen molar-refractivity contribution >= 4 is 5.97 Å². The summed E-state index contributed by atoms with van der Waals surface area (Å²) in [6.07, 6.45) is 2.72. The zero-order chi connectivity index (χ0) is 21.3. The molecule has 0 aromatic heterocycles. The first-order chi connectivity index (χ1) is 14.4. The van der Waals surface area contributed by atoms with E-state index in [9.17, 15) is 4.79 Å². The topological polar surface area (TPSA) is 54.0 Å². The number of allylic oxidation sites excluding steroid dienone is 1. The molecule has 4 rings (SSSR count). The first kappa shape index (κ1) is 20.3. The van der Waals surface area contributed by atoms with Crippen LogP contribution in [0.2, 0.25) is 0 Å². The monoisotopic (exact) mass is 408 g/mol. The maximum absolute atomic E-state index is 12.6. The van der Waals surface area contributed by atoms with Gasteiger partial charge in [-0.25, -0.2) is 0 Å². The Balaban J connectivity index is 1.70. The highest BCUT2D eigenvalue weighted by molar-refractivity contribution is 5.78. The van der Waals surface area contributed by atoms with E-state index in [1.807, 2.05) is 50.2 Å². The Hall–Kier alpha value is -2.95. The van der Waals surface area contributed by atoms with Gasteiger partial charge in [0.25, 0.3) is 0 Å². The summed E-state index contributed by atoms with van der Waals surface area (Å²) in [6.45, 7) is 4.50. The van der Waals surface area contributed by atoms with Crippen LogP contribution in [0.1, 0.15) is 43.4 Å². The molecule has 5 nitrogen and oxygen atoms in total. The molecule has 30 heavy (non-hydrogen) atoms. The highest BCUT2D eigenvalue weighted by Crippen LogP contribution is 2.47. The van der Waals surface area contributed by atoms with Crippen molar-refractivity contribution < 1.29 is 23.7 Å². The smallest absolute Gasteiger partial charge is 0.317 e. The molecule has 1 saturated heterocycles. The van der Waals surface area contributed by atoms with Crippen LogP contribution in [-0.2, 0) is 14.3 Å². The highest BCUT2D eigenvalue weighted by atomic mass is 16.5. The van der Waals surface area contributed by atoms with Crippen molar-refractivity contribution in [3.05, 3.63) is 71.5 Å². The van der Waals surface area contributed by atoms with E-state index in [4.69, 9.17) is 18.9 Å². The molecule has 2 heterocycles. The summed E-state index contributed by atoms with van der Waals surface area (Å²) < 4.78 is 22.4. The van der Waals surface area contributed by atoms with Crippen LogP contribution in [0.15, 0.2) is 60.4 Å². The molecule has 0 N–H and O–H groups in total. The number of hydrogen-bond acceptors (Lipinski definition) is 5. The lowest BCUT2D eigenvalue weighted by Crippen LogP contribution is -2.30. The van der Waals surface area contributed by atoms with Gasteiger partial charge in [-0.1, -0.05) is 38.1 Å². The molecule has 5 heteroatoms. The van der Waals surface area contributed by atoms with Crippen LogP contribution < -0.4 is 9.47 Å². The average molecular weight is 408 g/mol. The Kier molecular flexibility index (Phi) is 5.46. The summed E-state index contributed by atoms with van der Waals surface area (Å²) in [5, 5.41) is 0. The number of esters is 1. The van der Waals surface area contributed by atoms with Crippen molar-refractivity contribution in [2.24, 2.45) is 11.3 Å². The van der Waals surface area contributed by atoms with Crippen molar-refractivity contribution in [3.8, 4) is 11.5 Å². The van der Waals surface area contributed by atoms with Gasteiger partial charge in [-0.15, -0.1) is 0 Å². The van der Waals surface area contributed by atoms with E-state index >= 15 is 0 Å². The normalized spacial score (nSPS) is 25.1. The molecular weight excluding hydrogens is 380 g/mol. The number of rotatable bonds is 5. The summed E-state index contributed by atoms with van der Waals surface area (Å²) in [6, 6.07) is 16.0. The van der Waals surface area contributed by atoms with E-state index in [-0.39, 0.29) is 23.4 Å². The van der Waals surface area contributed by atoms with Gasteiger partial charge in [0.05, 0.1) is 20.8 Å². The van der Waals surface area contributed by atoms with Crippen LogP contribution >= 0.6 is 0 Å². The van der Waals surface area contributed by atoms with Crippen LogP contribution in [0.25, 0.3) is 0 Å². The van der Waals surface area contributed by atoms with Crippen molar-refractivity contribution in [2.45, 2.75) is 32.3 Å². The molecule has 2 aromatic carbocycles. The summed E-state index contributed by atoms with van der Waals surface area (Å²) in [4.78, 5) is 12.6. The Labute approximate surface area is 177 Å². The first-order valence-corrected chi connectivity index (χ1v) is 10.2. The molecule has 0 spiro atoms. The molecule has 2 aliphatic rings. The van der Waals surface area contributed by atoms with Crippen molar-refractivity contribution in [1.82, 2.24) is 0 Å². The lowest BCUT2D eigenvalue weighted by atomic mass is 9.77. The Morgan fingerprint density at radius 1 is 0.900 bits per heavy atom. The molecule has 0 unspecified atom stereocenters. The van der Waals surface area contributed by atoms with Crippen molar-refractivity contribution in [3.63, 3.8) is 0 Å². The summed E-state index contributed by atoms with van der Waals surface area (Å²) in [7, 11) is 3.31. The van der Waals surface area contributed by atoms with E-state index < -0.39 is 5.92 Å². The standard InChI is InChI=1S/C25H28O5/c1-25(2)15-29-24(26)23(25)22-14-18(16-5-9-19(27-3)10-6-16)13-21(30-22)17-7-11-20(28-4)12-8-17/h5-12,14,18,21,23H,13,15H2,1-4H3/t18-,21-,23-/m0/s1. The number of cyclic esters (lactones) is 1. The third-order valence-corrected chi connectivity index (χ3v) is 6.03. The Morgan fingerprint density at radius 2 is 1.47 bits per heavy atom. The number of ether oxygens (including phenoxy) is 4. The fraction of sp³-hybridized carbons (Fsp3) is 0.400. The maximum atomic E-state index is 12.6. The molecule has 0 aliphatic carbocycles. The van der Waals surface area contributed by atoms with Gasteiger partial charge in [-0.3, -0.25) is 4.79 Å². The van der Waals surface area contributed by atoms with Gasteiger partial charge in [0.1, 0.15) is 29.3 Å². The third kappa shape index (κ3) is 3.89.